The fraction of sp³-hybridized carbons (Fsp3) is 0.533. The van der Waals surface area contributed by atoms with E-state index in [1.807, 2.05) is 13.8 Å². The molecule has 0 bridgehead atoms. The van der Waals surface area contributed by atoms with Crippen molar-refractivity contribution in [3.8, 4) is 0 Å². The molecule has 0 aliphatic carbocycles. The maximum absolute atomic E-state index is 12.9. The predicted molar refractivity (Wildman–Crippen MR) is 90.2 cm³/mol. The van der Waals surface area contributed by atoms with Crippen molar-refractivity contribution < 1.29 is 9.53 Å². The van der Waals surface area contributed by atoms with E-state index in [-0.39, 0.29) is 17.9 Å². The molecule has 128 valence electrons. The van der Waals surface area contributed by atoms with Gasteiger partial charge in [0.1, 0.15) is 22.5 Å². The molecular formula is C15H20N6O2S. The van der Waals surface area contributed by atoms with Gasteiger partial charge < -0.3 is 15.0 Å². The Morgan fingerprint density at radius 2 is 2.21 bits per heavy atom. The number of morpholine rings is 1. The molecule has 8 nitrogen and oxygen atoms in total. The van der Waals surface area contributed by atoms with E-state index >= 15 is 0 Å². The van der Waals surface area contributed by atoms with Gasteiger partial charge in [-0.15, -0.1) is 5.10 Å². The van der Waals surface area contributed by atoms with Gasteiger partial charge in [0.25, 0.3) is 5.91 Å². The summed E-state index contributed by atoms with van der Waals surface area (Å²) in [6.45, 7) is 5.45. The molecule has 2 aromatic heterocycles. The minimum Gasteiger partial charge on any atom is -0.372 e. The summed E-state index contributed by atoms with van der Waals surface area (Å²) in [5.74, 6) is 0.784. The second-order valence-corrected chi connectivity index (χ2v) is 6.55. The Balaban J connectivity index is 1.80. The van der Waals surface area contributed by atoms with E-state index in [2.05, 4.69) is 24.9 Å². The Bertz CT molecular complexity index is 719. The minimum absolute atomic E-state index is 0.0445. The van der Waals surface area contributed by atoms with E-state index in [0.29, 0.717) is 36.1 Å². The molecule has 0 unspecified atom stereocenters. The van der Waals surface area contributed by atoms with Gasteiger partial charge in [0.15, 0.2) is 0 Å². The van der Waals surface area contributed by atoms with E-state index in [9.17, 15) is 4.79 Å². The zero-order valence-electron chi connectivity index (χ0n) is 13.9. The van der Waals surface area contributed by atoms with E-state index in [1.54, 1.807) is 24.3 Å². The standard InChI is InChI=1S/C15H20N6O2S/c1-9(2)11-13(24-20-19-11)15(22)21-6-7-23-10(8-21)12-14(16-3)18-5-4-17-12/h4-5,9-10H,6-8H2,1-3H3,(H,16,18)/t10-/m0/s1. The van der Waals surface area contributed by atoms with Crippen LogP contribution in [0.3, 0.4) is 0 Å². The molecule has 1 amide bonds. The van der Waals surface area contributed by atoms with Crippen LogP contribution in [0.1, 0.15) is 46.9 Å². The molecule has 2 aromatic rings. The third-order valence-corrected chi connectivity index (χ3v) is 4.61. The summed E-state index contributed by atoms with van der Waals surface area (Å²) < 4.78 is 9.76. The maximum atomic E-state index is 12.9. The highest BCUT2D eigenvalue weighted by atomic mass is 32.1. The molecule has 3 rings (SSSR count). The molecular weight excluding hydrogens is 328 g/mol. The Morgan fingerprint density at radius 3 is 2.96 bits per heavy atom. The van der Waals surface area contributed by atoms with Gasteiger partial charge >= 0.3 is 0 Å². The van der Waals surface area contributed by atoms with Gasteiger partial charge in [0.05, 0.1) is 18.8 Å². The zero-order chi connectivity index (χ0) is 17.1. The first-order valence-electron chi connectivity index (χ1n) is 7.83. The lowest BCUT2D eigenvalue weighted by molar-refractivity contribution is -0.0244. The fourth-order valence-electron chi connectivity index (χ4n) is 2.64. The van der Waals surface area contributed by atoms with Crippen LogP contribution < -0.4 is 5.32 Å². The zero-order valence-corrected chi connectivity index (χ0v) is 14.7. The summed E-state index contributed by atoms with van der Waals surface area (Å²) >= 11 is 1.15. The van der Waals surface area contributed by atoms with Gasteiger partial charge in [-0.3, -0.25) is 9.78 Å². The fourth-order valence-corrected chi connectivity index (χ4v) is 3.43. The van der Waals surface area contributed by atoms with Crippen LogP contribution >= 0.6 is 11.5 Å². The molecule has 24 heavy (non-hydrogen) atoms. The van der Waals surface area contributed by atoms with Crippen LogP contribution in [0, 0.1) is 0 Å². The maximum Gasteiger partial charge on any atom is 0.267 e. The van der Waals surface area contributed by atoms with Crippen molar-refractivity contribution >= 4 is 23.3 Å². The molecule has 0 radical (unpaired) electrons. The Labute approximate surface area is 144 Å². The molecule has 1 atom stereocenters. The topological polar surface area (TPSA) is 93.1 Å². The first-order chi connectivity index (χ1) is 11.6. The van der Waals surface area contributed by atoms with E-state index in [0.717, 1.165) is 17.2 Å². The number of aromatic nitrogens is 4. The molecule has 1 aliphatic heterocycles. The Morgan fingerprint density at radius 1 is 1.42 bits per heavy atom. The van der Waals surface area contributed by atoms with Crippen LogP contribution in [0.2, 0.25) is 0 Å². The third-order valence-electron chi connectivity index (χ3n) is 3.88. The van der Waals surface area contributed by atoms with Crippen molar-refractivity contribution in [2.24, 2.45) is 0 Å². The summed E-state index contributed by atoms with van der Waals surface area (Å²) in [5.41, 5.74) is 1.47. The monoisotopic (exact) mass is 348 g/mol. The second kappa shape index (κ2) is 7.18. The van der Waals surface area contributed by atoms with E-state index < -0.39 is 0 Å². The number of nitrogens with zero attached hydrogens (tertiary/aromatic N) is 5. The summed E-state index contributed by atoms with van der Waals surface area (Å²) in [6.07, 6.45) is 2.95. The van der Waals surface area contributed by atoms with Gasteiger partial charge in [-0.1, -0.05) is 18.3 Å². The number of hydrogen-bond donors (Lipinski definition) is 1. The van der Waals surface area contributed by atoms with Crippen molar-refractivity contribution in [3.63, 3.8) is 0 Å². The number of ether oxygens (including phenoxy) is 1. The first-order valence-corrected chi connectivity index (χ1v) is 8.61. The van der Waals surface area contributed by atoms with Crippen molar-refractivity contribution in [3.05, 3.63) is 28.7 Å². The van der Waals surface area contributed by atoms with Gasteiger partial charge in [0, 0.05) is 26.0 Å². The second-order valence-electron chi connectivity index (χ2n) is 5.79. The van der Waals surface area contributed by atoms with Crippen molar-refractivity contribution in [1.82, 2.24) is 24.5 Å². The van der Waals surface area contributed by atoms with Crippen molar-refractivity contribution in [2.75, 3.05) is 32.1 Å². The number of hydrogen-bond acceptors (Lipinski definition) is 8. The third kappa shape index (κ3) is 3.22. The minimum atomic E-state index is -0.303. The van der Waals surface area contributed by atoms with Gasteiger partial charge in [0.2, 0.25) is 0 Å². The van der Waals surface area contributed by atoms with Crippen LogP contribution in [0.5, 0.6) is 0 Å². The quantitative estimate of drug-likeness (QED) is 0.899. The molecule has 1 saturated heterocycles. The number of carbonyl (C=O) groups excluding carboxylic acids is 1. The molecule has 9 heteroatoms. The summed E-state index contributed by atoms with van der Waals surface area (Å²) in [4.78, 5) is 23.9. The predicted octanol–water partition coefficient (Wildman–Crippen LogP) is 1.71. The normalized spacial score (nSPS) is 18.0. The number of amides is 1. The van der Waals surface area contributed by atoms with Crippen LogP contribution in [0.4, 0.5) is 5.82 Å². The highest BCUT2D eigenvalue weighted by molar-refractivity contribution is 7.08. The number of nitrogens with one attached hydrogen (secondary N) is 1. The SMILES string of the molecule is CNc1nccnc1[C@@H]1CN(C(=O)c2snnc2C(C)C)CCO1. The molecule has 1 aliphatic rings. The van der Waals surface area contributed by atoms with Crippen LogP contribution in [0.15, 0.2) is 12.4 Å². The largest absolute Gasteiger partial charge is 0.372 e. The molecule has 3 heterocycles. The lowest BCUT2D eigenvalue weighted by Crippen LogP contribution is -2.42. The Hall–Kier alpha value is -2.13. The molecule has 1 N–H and O–H groups in total. The van der Waals surface area contributed by atoms with Crippen LogP contribution in [0.25, 0.3) is 0 Å². The first kappa shape index (κ1) is 16.7. The van der Waals surface area contributed by atoms with E-state index in [4.69, 9.17) is 4.74 Å². The molecule has 0 spiro atoms. The molecule has 0 saturated carbocycles. The number of carbonyl (C=O) groups is 1. The highest BCUT2D eigenvalue weighted by Gasteiger charge is 2.31. The van der Waals surface area contributed by atoms with Gasteiger partial charge in [-0.2, -0.15) is 0 Å². The smallest absolute Gasteiger partial charge is 0.267 e. The molecule has 1 fully saturated rings. The Kier molecular flexibility index (Phi) is 5.00. The van der Waals surface area contributed by atoms with E-state index in [1.165, 1.54) is 0 Å². The summed E-state index contributed by atoms with van der Waals surface area (Å²) in [6, 6.07) is 0. The summed E-state index contributed by atoms with van der Waals surface area (Å²) in [5, 5.41) is 7.11. The lowest BCUT2D eigenvalue weighted by atomic mass is 10.1. The van der Waals surface area contributed by atoms with Crippen LogP contribution in [-0.2, 0) is 4.74 Å². The van der Waals surface area contributed by atoms with Crippen molar-refractivity contribution in [2.45, 2.75) is 25.9 Å². The summed E-state index contributed by atoms with van der Waals surface area (Å²) in [7, 11) is 1.79. The average molecular weight is 348 g/mol. The highest BCUT2D eigenvalue weighted by Crippen LogP contribution is 2.27. The average Bonchev–Trinajstić information content (AvgIpc) is 3.11. The number of rotatable bonds is 4. The van der Waals surface area contributed by atoms with Crippen LogP contribution in [-0.4, -0.2) is 57.1 Å². The number of anilines is 1. The molecule has 0 aromatic carbocycles. The van der Waals surface area contributed by atoms with Gasteiger partial charge in [-0.05, 0) is 17.5 Å². The van der Waals surface area contributed by atoms with Crippen molar-refractivity contribution in [1.29, 1.82) is 0 Å². The lowest BCUT2D eigenvalue weighted by Gasteiger charge is -2.32. The van der Waals surface area contributed by atoms with Gasteiger partial charge in [-0.25, -0.2) is 4.98 Å².